The fourth-order valence-electron chi connectivity index (χ4n) is 1.87. The Bertz CT molecular complexity index is 731. The number of para-hydroxylation sites is 1. The molecule has 0 aliphatic rings. The van der Waals surface area contributed by atoms with E-state index < -0.39 is 10.8 Å². The summed E-state index contributed by atoms with van der Waals surface area (Å²) in [6.07, 6.45) is 0. The van der Waals surface area contributed by atoms with E-state index in [0.29, 0.717) is 5.69 Å². The molecule has 0 spiro atoms. The second kappa shape index (κ2) is 5.92. The first-order valence-electron chi connectivity index (χ1n) is 6.00. The molecule has 2 rings (SSSR count). The first-order valence-corrected chi connectivity index (χ1v) is 6.80. The molecule has 0 saturated heterocycles. The summed E-state index contributed by atoms with van der Waals surface area (Å²) in [5, 5.41) is 13.5. The number of hydrogen-bond donors (Lipinski definition) is 2. The molecule has 21 heavy (non-hydrogen) atoms. The average molecular weight is 350 g/mol. The first-order chi connectivity index (χ1) is 9.90. The van der Waals surface area contributed by atoms with E-state index in [0.717, 1.165) is 10.0 Å². The van der Waals surface area contributed by atoms with E-state index in [9.17, 15) is 14.9 Å². The molecule has 2 aromatic rings. The quantitative estimate of drug-likeness (QED) is 0.503. The zero-order valence-electron chi connectivity index (χ0n) is 11.1. The van der Waals surface area contributed by atoms with Crippen molar-refractivity contribution in [1.29, 1.82) is 0 Å². The lowest BCUT2D eigenvalue weighted by atomic mass is 10.1. The van der Waals surface area contributed by atoms with Crippen LogP contribution in [0.4, 0.5) is 17.1 Å². The summed E-state index contributed by atoms with van der Waals surface area (Å²) in [5.41, 5.74) is 6.82. The normalized spacial score (nSPS) is 10.2. The third-order valence-electron chi connectivity index (χ3n) is 2.96. The second-order valence-corrected chi connectivity index (χ2v) is 5.32. The van der Waals surface area contributed by atoms with Crippen molar-refractivity contribution in [3.63, 3.8) is 0 Å². The lowest BCUT2D eigenvalue weighted by molar-refractivity contribution is -0.383. The van der Waals surface area contributed by atoms with Gasteiger partial charge in [-0.05, 0) is 36.8 Å². The summed E-state index contributed by atoms with van der Waals surface area (Å²) in [6, 6.07) is 9.53. The Labute approximate surface area is 129 Å². The largest absolute Gasteiger partial charge is 0.393 e. The van der Waals surface area contributed by atoms with Crippen molar-refractivity contribution in [3.05, 3.63) is 62.1 Å². The molecule has 0 atom stereocenters. The summed E-state index contributed by atoms with van der Waals surface area (Å²) >= 11 is 3.34. The van der Waals surface area contributed by atoms with E-state index in [4.69, 9.17) is 5.73 Å². The van der Waals surface area contributed by atoms with Crippen LogP contribution in [-0.2, 0) is 0 Å². The number of carbonyl (C=O) groups is 1. The lowest BCUT2D eigenvalue weighted by Crippen LogP contribution is -2.15. The first kappa shape index (κ1) is 15.0. The molecule has 0 aliphatic heterocycles. The zero-order chi connectivity index (χ0) is 15.6. The van der Waals surface area contributed by atoms with Gasteiger partial charge in [-0.2, -0.15) is 0 Å². The van der Waals surface area contributed by atoms with Crippen molar-refractivity contribution in [2.75, 3.05) is 11.1 Å². The minimum absolute atomic E-state index is 0.0755. The van der Waals surface area contributed by atoms with Crippen LogP contribution in [-0.4, -0.2) is 10.8 Å². The standard InChI is InChI=1S/C14H12BrN3O3/c1-8-7-9(15)5-6-11(8)17-14(19)10-3-2-4-12(13(10)16)18(20)21/h2-7H,16H2,1H3,(H,17,19). The van der Waals surface area contributed by atoms with Crippen LogP contribution in [0, 0.1) is 17.0 Å². The topological polar surface area (TPSA) is 98.3 Å². The van der Waals surface area contributed by atoms with Crippen LogP contribution >= 0.6 is 15.9 Å². The number of carbonyl (C=O) groups excluding carboxylic acids is 1. The minimum atomic E-state index is -0.614. The fraction of sp³-hybridized carbons (Fsp3) is 0.0714. The van der Waals surface area contributed by atoms with Gasteiger partial charge in [-0.25, -0.2) is 0 Å². The van der Waals surface area contributed by atoms with Crippen molar-refractivity contribution in [2.45, 2.75) is 6.92 Å². The number of halogens is 1. The molecule has 7 heteroatoms. The number of amides is 1. The van der Waals surface area contributed by atoms with Gasteiger partial charge in [0.15, 0.2) is 0 Å². The van der Waals surface area contributed by atoms with Crippen molar-refractivity contribution in [1.82, 2.24) is 0 Å². The van der Waals surface area contributed by atoms with Gasteiger partial charge in [0.1, 0.15) is 5.69 Å². The predicted molar refractivity (Wildman–Crippen MR) is 84.3 cm³/mol. The molecule has 0 aliphatic carbocycles. The number of rotatable bonds is 3. The van der Waals surface area contributed by atoms with Gasteiger partial charge in [0.05, 0.1) is 10.5 Å². The molecule has 0 aromatic heterocycles. The van der Waals surface area contributed by atoms with Crippen molar-refractivity contribution in [3.8, 4) is 0 Å². The number of nitrogen functional groups attached to an aromatic ring is 1. The predicted octanol–water partition coefficient (Wildman–Crippen LogP) is 3.50. The van der Waals surface area contributed by atoms with Crippen LogP contribution in [0.5, 0.6) is 0 Å². The van der Waals surface area contributed by atoms with E-state index in [-0.39, 0.29) is 16.9 Å². The van der Waals surface area contributed by atoms with Gasteiger partial charge < -0.3 is 11.1 Å². The number of benzene rings is 2. The fourth-order valence-corrected chi connectivity index (χ4v) is 2.34. The molecule has 6 nitrogen and oxygen atoms in total. The van der Waals surface area contributed by atoms with Crippen LogP contribution < -0.4 is 11.1 Å². The monoisotopic (exact) mass is 349 g/mol. The Morgan fingerprint density at radius 2 is 2.05 bits per heavy atom. The number of nitrogens with two attached hydrogens (primary N) is 1. The summed E-state index contributed by atoms with van der Waals surface area (Å²) in [4.78, 5) is 22.4. The van der Waals surface area contributed by atoms with Crippen LogP contribution in [0.25, 0.3) is 0 Å². The van der Waals surface area contributed by atoms with Gasteiger partial charge in [0.2, 0.25) is 0 Å². The molecular weight excluding hydrogens is 338 g/mol. The molecule has 0 heterocycles. The van der Waals surface area contributed by atoms with Crippen molar-refractivity contribution < 1.29 is 9.72 Å². The number of anilines is 2. The molecule has 1 amide bonds. The maximum Gasteiger partial charge on any atom is 0.292 e. The van der Waals surface area contributed by atoms with E-state index in [1.54, 1.807) is 12.1 Å². The number of nitro benzene ring substituents is 1. The highest BCUT2D eigenvalue weighted by Crippen LogP contribution is 2.26. The van der Waals surface area contributed by atoms with Gasteiger partial charge in [-0.1, -0.05) is 22.0 Å². The number of nitrogens with zero attached hydrogens (tertiary/aromatic N) is 1. The molecule has 0 unspecified atom stereocenters. The van der Waals surface area contributed by atoms with Gasteiger partial charge in [0, 0.05) is 16.2 Å². The van der Waals surface area contributed by atoms with E-state index >= 15 is 0 Å². The van der Waals surface area contributed by atoms with Crippen LogP contribution in [0.15, 0.2) is 40.9 Å². The third kappa shape index (κ3) is 3.19. The van der Waals surface area contributed by atoms with Gasteiger partial charge >= 0.3 is 0 Å². The Morgan fingerprint density at radius 3 is 2.67 bits per heavy atom. The van der Waals surface area contributed by atoms with Crippen LogP contribution in [0.3, 0.4) is 0 Å². The Morgan fingerprint density at radius 1 is 1.33 bits per heavy atom. The van der Waals surface area contributed by atoms with E-state index in [1.165, 1.54) is 18.2 Å². The summed E-state index contributed by atoms with van der Waals surface area (Å²) in [6.45, 7) is 1.84. The zero-order valence-corrected chi connectivity index (χ0v) is 12.7. The second-order valence-electron chi connectivity index (χ2n) is 4.41. The van der Waals surface area contributed by atoms with E-state index in [1.807, 2.05) is 13.0 Å². The average Bonchev–Trinajstić information content (AvgIpc) is 2.41. The molecule has 0 saturated carbocycles. The number of hydrogen-bond acceptors (Lipinski definition) is 4. The molecule has 3 N–H and O–H groups in total. The van der Waals surface area contributed by atoms with Crippen molar-refractivity contribution in [2.24, 2.45) is 0 Å². The molecule has 0 bridgehead atoms. The van der Waals surface area contributed by atoms with Crippen LogP contribution in [0.2, 0.25) is 0 Å². The molecular formula is C14H12BrN3O3. The molecule has 108 valence electrons. The smallest absolute Gasteiger partial charge is 0.292 e. The molecule has 0 radical (unpaired) electrons. The number of nitrogens with one attached hydrogen (secondary N) is 1. The van der Waals surface area contributed by atoms with Gasteiger partial charge in [-0.15, -0.1) is 0 Å². The maximum absolute atomic E-state index is 12.2. The highest BCUT2D eigenvalue weighted by atomic mass is 79.9. The van der Waals surface area contributed by atoms with Crippen LogP contribution in [0.1, 0.15) is 15.9 Å². The highest BCUT2D eigenvalue weighted by Gasteiger charge is 2.19. The van der Waals surface area contributed by atoms with Gasteiger partial charge in [0.25, 0.3) is 11.6 Å². The Balaban J connectivity index is 2.33. The SMILES string of the molecule is Cc1cc(Br)ccc1NC(=O)c1cccc([N+](=O)[O-])c1N. The summed E-state index contributed by atoms with van der Waals surface area (Å²) < 4.78 is 0.896. The highest BCUT2D eigenvalue weighted by molar-refractivity contribution is 9.10. The van der Waals surface area contributed by atoms with Gasteiger partial charge in [-0.3, -0.25) is 14.9 Å². The van der Waals surface area contributed by atoms with E-state index in [2.05, 4.69) is 21.2 Å². The third-order valence-corrected chi connectivity index (χ3v) is 3.45. The van der Waals surface area contributed by atoms with Crippen molar-refractivity contribution >= 4 is 38.9 Å². The lowest BCUT2D eigenvalue weighted by Gasteiger charge is -2.10. The summed E-state index contributed by atoms with van der Waals surface area (Å²) in [5.74, 6) is -0.485. The number of aryl methyl sites for hydroxylation is 1. The number of nitro groups is 1. The molecule has 2 aromatic carbocycles. The Kier molecular flexibility index (Phi) is 4.23. The Hall–Kier alpha value is -2.41. The minimum Gasteiger partial charge on any atom is -0.393 e. The summed E-state index contributed by atoms with van der Waals surface area (Å²) in [7, 11) is 0. The molecule has 0 fully saturated rings. The maximum atomic E-state index is 12.2.